The minimum absolute atomic E-state index is 0.150. The van der Waals surface area contributed by atoms with Crippen molar-refractivity contribution in [2.45, 2.75) is 25.5 Å². The number of nitrogens with zero attached hydrogens (tertiary/aromatic N) is 1. The zero-order valence-electron chi connectivity index (χ0n) is 11.7. The number of aliphatic hydroxyl groups is 1. The smallest absolute Gasteiger partial charge is 0.119 e. The van der Waals surface area contributed by atoms with Gasteiger partial charge >= 0.3 is 0 Å². The molecule has 1 aromatic rings. The lowest BCUT2D eigenvalue weighted by Gasteiger charge is -2.39. The summed E-state index contributed by atoms with van der Waals surface area (Å²) < 4.78 is 5.27. The fourth-order valence-corrected chi connectivity index (χ4v) is 2.70. The summed E-state index contributed by atoms with van der Waals surface area (Å²) in [5.74, 6) is 1.22. The van der Waals surface area contributed by atoms with Gasteiger partial charge in [0.15, 0.2) is 0 Å². The molecule has 0 spiro atoms. The summed E-state index contributed by atoms with van der Waals surface area (Å²) in [5.41, 5.74) is 7.10. The summed E-state index contributed by atoms with van der Waals surface area (Å²) in [4.78, 5) is 2.28. The SMILES string of the molecule is COc1cccc(C(CN)N2CCC(C)C(O)C2)c1. The molecule has 3 atom stereocenters. The van der Waals surface area contributed by atoms with Gasteiger partial charge in [-0.25, -0.2) is 0 Å². The van der Waals surface area contributed by atoms with Crippen molar-refractivity contribution in [3.63, 3.8) is 0 Å². The van der Waals surface area contributed by atoms with Crippen LogP contribution >= 0.6 is 0 Å². The normalized spacial score (nSPS) is 26.1. The van der Waals surface area contributed by atoms with Gasteiger partial charge in [-0.15, -0.1) is 0 Å². The van der Waals surface area contributed by atoms with Gasteiger partial charge in [0.05, 0.1) is 13.2 Å². The second kappa shape index (κ2) is 6.37. The molecule has 0 saturated carbocycles. The van der Waals surface area contributed by atoms with Gasteiger partial charge in [0.1, 0.15) is 5.75 Å². The highest BCUT2D eigenvalue weighted by Crippen LogP contribution is 2.28. The second-order valence-electron chi connectivity index (χ2n) is 5.36. The van der Waals surface area contributed by atoms with E-state index in [4.69, 9.17) is 10.5 Å². The first-order valence-electron chi connectivity index (χ1n) is 6.91. The zero-order valence-corrected chi connectivity index (χ0v) is 11.7. The quantitative estimate of drug-likeness (QED) is 0.863. The predicted octanol–water partition coefficient (Wildman–Crippen LogP) is 1.40. The molecular weight excluding hydrogens is 240 g/mol. The molecule has 106 valence electrons. The van der Waals surface area contributed by atoms with Crippen LogP contribution in [0.4, 0.5) is 0 Å². The van der Waals surface area contributed by atoms with Crippen LogP contribution in [0.15, 0.2) is 24.3 Å². The van der Waals surface area contributed by atoms with Crippen molar-refractivity contribution in [2.75, 3.05) is 26.7 Å². The van der Waals surface area contributed by atoms with Crippen molar-refractivity contribution < 1.29 is 9.84 Å². The Morgan fingerprint density at radius 1 is 1.53 bits per heavy atom. The monoisotopic (exact) mass is 264 g/mol. The van der Waals surface area contributed by atoms with Gasteiger partial charge in [-0.3, -0.25) is 4.90 Å². The molecule has 0 amide bonds. The molecule has 1 fully saturated rings. The minimum Gasteiger partial charge on any atom is -0.497 e. The maximum atomic E-state index is 10.0. The Kier molecular flexibility index (Phi) is 4.80. The minimum atomic E-state index is -0.256. The third-order valence-electron chi connectivity index (χ3n) is 4.09. The van der Waals surface area contributed by atoms with Crippen LogP contribution < -0.4 is 10.5 Å². The van der Waals surface area contributed by atoms with E-state index in [1.54, 1.807) is 7.11 Å². The Morgan fingerprint density at radius 3 is 2.95 bits per heavy atom. The maximum absolute atomic E-state index is 10.0. The molecule has 1 aliphatic heterocycles. The predicted molar refractivity (Wildman–Crippen MR) is 76.2 cm³/mol. The lowest BCUT2D eigenvalue weighted by molar-refractivity contribution is 0.0111. The van der Waals surface area contributed by atoms with Crippen LogP contribution in [0.2, 0.25) is 0 Å². The summed E-state index contributed by atoms with van der Waals surface area (Å²) in [6, 6.07) is 8.17. The Balaban J connectivity index is 2.15. The second-order valence-corrected chi connectivity index (χ2v) is 5.36. The highest BCUT2D eigenvalue weighted by Gasteiger charge is 2.29. The van der Waals surface area contributed by atoms with Crippen LogP contribution in [-0.2, 0) is 0 Å². The van der Waals surface area contributed by atoms with E-state index in [9.17, 15) is 5.11 Å². The molecule has 19 heavy (non-hydrogen) atoms. The number of rotatable bonds is 4. The molecule has 4 heteroatoms. The van der Waals surface area contributed by atoms with Gasteiger partial charge in [-0.05, 0) is 36.6 Å². The van der Waals surface area contributed by atoms with Gasteiger partial charge in [-0.1, -0.05) is 19.1 Å². The molecule has 0 aliphatic carbocycles. The molecule has 0 radical (unpaired) electrons. The van der Waals surface area contributed by atoms with E-state index in [-0.39, 0.29) is 12.1 Å². The number of ether oxygens (including phenoxy) is 1. The topological polar surface area (TPSA) is 58.7 Å². The maximum Gasteiger partial charge on any atom is 0.119 e. The van der Waals surface area contributed by atoms with Crippen molar-refractivity contribution in [1.82, 2.24) is 4.90 Å². The number of piperidine rings is 1. The molecule has 2 rings (SSSR count). The van der Waals surface area contributed by atoms with Gasteiger partial charge in [0, 0.05) is 19.1 Å². The molecule has 0 aromatic heterocycles. The molecule has 3 N–H and O–H groups in total. The van der Waals surface area contributed by atoms with E-state index in [2.05, 4.69) is 17.9 Å². The number of nitrogens with two attached hydrogens (primary N) is 1. The summed E-state index contributed by atoms with van der Waals surface area (Å²) in [7, 11) is 1.67. The molecular formula is C15H24N2O2. The third-order valence-corrected chi connectivity index (χ3v) is 4.09. The summed E-state index contributed by atoms with van der Waals surface area (Å²) in [5, 5.41) is 10.0. The molecule has 1 heterocycles. The van der Waals surface area contributed by atoms with E-state index in [0.717, 1.165) is 24.3 Å². The van der Waals surface area contributed by atoms with Crippen LogP contribution in [-0.4, -0.2) is 42.9 Å². The molecule has 1 aliphatic rings. The van der Waals surface area contributed by atoms with E-state index < -0.39 is 0 Å². The Hall–Kier alpha value is -1.10. The number of hydrogen-bond donors (Lipinski definition) is 2. The number of hydrogen-bond acceptors (Lipinski definition) is 4. The fourth-order valence-electron chi connectivity index (χ4n) is 2.70. The number of likely N-dealkylation sites (tertiary alicyclic amines) is 1. The summed E-state index contributed by atoms with van der Waals surface area (Å²) in [6.45, 7) is 4.33. The Morgan fingerprint density at radius 2 is 2.32 bits per heavy atom. The molecule has 3 unspecified atom stereocenters. The molecule has 0 bridgehead atoms. The number of benzene rings is 1. The first-order chi connectivity index (χ1) is 9.15. The van der Waals surface area contributed by atoms with Crippen molar-refractivity contribution in [3.05, 3.63) is 29.8 Å². The van der Waals surface area contributed by atoms with Crippen molar-refractivity contribution in [2.24, 2.45) is 11.7 Å². The summed E-state index contributed by atoms with van der Waals surface area (Å²) in [6.07, 6.45) is 0.759. The van der Waals surface area contributed by atoms with Crippen molar-refractivity contribution in [1.29, 1.82) is 0 Å². The Labute approximate surface area is 115 Å². The van der Waals surface area contributed by atoms with Crippen LogP contribution in [0, 0.1) is 5.92 Å². The van der Waals surface area contributed by atoms with E-state index in [1.807, 2.05) is 18.2 Å². The third kappa shape index (κ3) is 3.26. The Bertz CT molecular complexity index is 411. The van der Waals surface area contributed by atoms with Crippen LogP contribution in [0.3, 0.4) is 0 Å². The lowest BCUT2D eigenvalue weighted by atomic mass is 9.93. The van der Waals surface area contributed by atoms with Crippen LogP contribution in [0.1, 0.15) is 24.9 Å². The average Bonchev–Trinajstić information content (AvgIpc) is 2.44. The fraction of sp³-hybridized carbons (Fsp3) is 0.600. The van der Waals surface area contributed by atoms with Gasteiger partial charge < -0.3 is 15.6 Å². The largest absolute Gasteiger partial charge is 0.497 e. The number of methoxy groups -OCH3 is 1. The number of β-amino-alcohol motifs (C(OH)–C–C–N with tert-alkyl or cyclic N) is 1. The molecule has 1 aromatic carbocycles. The highest BCUT2D eigenvalue weighted by atomic mass is 16.5. The van der Waals surface area contributed by atoms with Crippen molar-refractivity contribution >= 4 is 0 Å². The lowest BCUT2D eigenvalue weighted by Crippen LogP contribution is -2.46. The van der Waals surface area contributed by atoms with Crippen LogP contribution in [0.5, 0.6) is 5.75 Å². The van der Waals surface area contributed by atoms with Gasteiger partial charge in [-0.2, -0.15) is 0 Å². The van der Waals surface area contributed by atoms with Crippen LogP contribution in [0.25, 0.3) is 0 Å². The van der Waals surface area contributed by atoms with Crippen molar-refractivity contribution in [3.8, 4) is 5.75 Å². The summed E-state index contributed by atoms with van der Waals surface area (Å²) >= 11 is 0. The van der Waals surface area contributed by atoms with E-state index in [1.165, 1.54) is 0 Å². The first-order valence-corrected chi connectivity index (χ1v) is 6.91. The van der Waals surface area contributed by atoms with Gasteiger partial charge in [0.25, 0.3) is 0 Å². The average molecular weight is 264 g/mol. The zero-order chi connectivity index (χ0) is 13.8. The number of aliphatic hydroxyl groups excluding tert-OH is 1. The van der Waals surface area contributed by atoms with Gasteiger partial charge in [0.2, 0.25) is 0 Å². The van der Waals surface area contributed by atoms with E-state index >= 15 is 0 Å². The standard InChI is InChI=1S/C15H24N2O2/c1-11-6-7-17(10-15(11)18)14(9-16)12-4-3-5-13(8-12)19-2/h3-5,8,11,14-15,18H,6-7,9-10,16H2,1-2H3. The molecule has 4 nitrogen and oxygen atoms in total. The highest BCUT2D eigenvalue weighted by molar-refractivity contribution is 5.30. The van der Waals surface area contributed by atoms with E-state index in [0.29, 0.717) is 19.0 Å². The first kappa shape index (κ1) is 14.3. The molecule has 1 saturated heterocycles.